The third kappa shape index (κ3) is 3.42. The molecule has 0 aliphatic rings. The van der Waals surface area contributed by atoms with Gasteiger partial charge in [-0.05, 0) is 56.0 Å². The molecule has 0 aliphatic carbocycles. The second kappa shape index (κ2) is 7.14. The number of halogens is 2. The van der Waals surface area contributed by atoms with Gasteiger partial charge in [-0.1, -0.05) is 0 Å². The number of methoxy groups -OCH3 is 2. The quantitative estimate of drug-likeness (QED) is 0.892. The molecule has 0 unspecified atom stereocenters. The van der Waals surface area contributed by atoms with Crippen LogP contribution in [0.2, 0.25) is 0 Å². The van der Waals surface area contributed by atoms with Crippen molar-refractivity contribution in [3.05, 3.63) is 44.6 Å². The number of rotatable bonds is 4. The lowest BCUT2D eigenvalue weighted by Crippen LogP contribution is -2.11. The first kappa shape index (κ1) is 16.3. The molecular weight excluding hydrogens is 350 g/mol. The van der Waals surface area contributed by atoms with Crippen molar-refractivity contribution < 1.29 is 9.47 Å². The van der Waals surface area contributed by atoms with E-state index in [1.54, 1.807) is 25.6 Å². The summed E-state index contributed by atoms with van der Waals surface area (Å²) in [5.41, 5.74) is 8.29. The fourth-order valence-corrected chi connectivity index (χ4v) is 2.96. The number of benzene rings is 1. The van der Waals surface area contributed by atoms with Crippen molar-refractivity contribution in [1.29, 1.82) is 0 Å². The number of hydrogen-bond donors (Lipinski definition) is 1. The van der Waals surface area contributed by atoms with E-state index in [-0.39, 0.29) is 18.4 Å². The molecule has 0 radical (unpaired) electrons. The molecule has 1 aromatic heterocycles. The predicted octanol–water partition coefficient (Wildman–Crippen LogP) is 4.00. The first-order valence-electron chi connectivity index (χ1n) is 5.36. The van der Waals surface area contributed by atoms with Gasteiger partial charge in [0.1, 0.15) is 16.0 Å². The Labute approximate surface area is 131 Å². The van der Waals surface area contributed by atoms with E-state index in [0.29, 0.717) is 0 Å². The standard InChI is InChI=1S/C13H14BrNO2S.ClH/c1-16-10-5-9(6-11(17-2)12(10)14)13(15)8-3-4-18-7-8;/h3-7,13H,15H2,1-2H3;1H/t13-;/m1./s1. The van der Waals surface area contributed by atoms with Crippen LogP contribution in [0.15, 0.2) is 33.4 Å². The summed E-state index contributed by atoms with van der Waals surface area (Å²) in [4.78, 5) is 0. The molecule has 19 heavy (non-hydrogen) atoms. The zero-order valence-electron chi connectivity index (χ0n) is 10.6. The largest absolute Gasteiger partial charge is 0.495 e. The lowest BCUT2D eigenvalue weighted by molar-refractivity contribution is 0.388. The molecule has 0 saturated carbocycles. The van der Waals surface area contributed by atoms with Crippen molar-refractivity contribution in [2.75, 3.05) is 14.2 Å². The van der Waals surface area contributed by atoms with E-state index < -0.39 is 0 Å². The Morgan fingerprint density at radius 3 is 2.16 bits per heavy atom. The topological polar surface area (TPSA) is 44.5 Å². The maximum Gasteiger partial charge on any atom is 0.137 e. The summed E-state index contributed by atoms with van der Waals surface area (Å²) in [6.45, 7) is 0. The zero-order chi connectivity index (χ0) is 13.1. The van der Waals surface area contributed by atoms with Crippen molar-refractivity contribution in [2.24, 2.45) is 5.73 Å². The van der Waals surface area contributed by atoms with E-state index in [1.807, 2.05) is 29.0 Å². The van der Waals surface area contributed by atoms with Crippen LogP contribution in [0, 0.1) is 0 Å². The minimum absolute atomic E-state index is 0. The molecule has 2 rings (SSSR count). The molecule has 6 heteroatoms. The number of thiophene rings is 1. The van der Waals surface area contributed by atoms with Crippen LogP contribution < -0.4 is 15.2 Å². The smallest absolute Gasteiger partial charge is 0.137 e. The molecule has 0 spiro atoms. The summed E-state index contributed by atoms with van der Waals surface area (Å²) < 4.78 is 11.4. The highest BCUT2D eigenvalue weighted by Crippen LogP contribution is 2.38. The Morgan fingerprint density at radius 2 is 1.74 bits per heavy atom. The molecule has 3 nitrogen and oxygen atoms in total. The summed E-state index contributed by atoms with van der Waals surface area (Å²) in [6.07, 6.45) is 0. The predicted molar refractivity (Wildman–Crippen MR) is 84.8 cm³/mol. The molecular formula is C13H15BrClNO2S. The van der Waals surface area contributed by atoms with E-state index in [4.69, 9.17) is 15.2 Å². The van der Waals surface area contributed by atoms with Gasteiger partial charge in [-0.25, -0.2) is 0 Å². The molecule has 1 aromatic carbocycles. The molecule has 0 bridgehead atoms. The van der Waals surface area contributed by atoms with Crippen molar-refractivity contribution in [3.63, 3.8) is 0 Å². The maximum absolute atomic E-state index is 6.24. The molecule has 0 aliphatic heterocycles. The number of hydrogen-bond acceptors (Lipinski definition) is 4. The number of nitrogens with two attached hydrogens (primary N) is 1. The third-order valence-electron chi connectivity index (χ3n) is 2.73. The second-order valence-electron chi connectivity index (χ2n) is 3.77. The Hall–Kier alpha value is -0.750. The summed E-state index contributed by atoms with van der Waals surface area (Å²) in [7, 11) is 3.25. The molecule has 2 N–H and O–H groups in total. The average molecular weight is 365 g/mol. The highest BCUT2D eigenvalue weighted by Gasteiger charge is 2.15. The van der Waals surface area contributed by atoms with E-state index in [1.165, 1.54) is 0 Å². The zero-order valence-corrected chi connectivity index (χ0v) is 13.8. The van der Waals surface area contributed by atoms with Crippen LogP contribution in [0.3, 0.4) is 0 Å². The van der Waals surface area contributed by atoms with Crippen molar-refractivity contribution >= 4 is 39.7 Å². The Bertz CT molecular complexity index is 508. The fourth-order valence-electron chi connectivity index (χ4n) is 1.71. The summed E-state index contributed by atoms with van der Waals surface area (Å²) in [5, 5.41) is 4.06. The summed E-state index contributed by atoms with van der Waals surface area (Å²) in [5.74, 6) is 1.44. The van der Waals surface area contributed by atoms with Gasteiger partial charge >= 0.3 is 0 Å². The minimum Gasteiger partial charge on any atom is -0.495 e. The molecule has 104 valence electrons. The van der Waals surface area contributed by atoms with Crippen molar-refractivity contribution in [2.45, 2.75) is 6.04 Å². The average Bonchev–Trinajstić information content (AvgIpc) is 2.92. The van der Waals surface area contributed by atoms with Crippen LogP contribution in [0.1, 0.15) is 17.2 Å². The first-order chi connectivity index (χ1) is 8.67. The van der Waals surface area contributed by atoms with E-state index in [2.05, 4.69) is 15.9 Å². The summed E-state index contributed by atoms with van der Waals surface area (Å²) >= 11 is 5.08. The molecule has 1 heterocycles. The molecule has 0 amide bonds. The van der Waals surface area contributed by atoms with Gasteiger partial charge in [0, 0.05) is 0 Å². The third-order valence-corrected chi connectivity index (χ3v) is 4.21. The summed E-state index contributed by atoms with van der Waals surface area (Å²) in [6, 6.07) is 5.70. The highest BCUT2D eigenvalue weighted by molar-refractivity contribution is 9.10. The monoisotopic (exact) mass is 363 g/mol. The van der Waals surface area contributed by atoms with E-state index in [0.717, 1.165) is 27.1 Å². The molecule has 1 atom stereocenters. The first-order valence-corrected chi connectivity index (χ1v) is 7.10. The Kier molecular flexibility index (Phi) is 6.13. The van der Waals surface area contributed by atoms with E-state index >= 15 is 0 Å². The van der Waals surface area contributed by atoms with Gasteiger partial charge in [0.15, 0.2) is 0 Å². The van der Waals surface area contributed by atoms with E-state index in [9.17, 15) is 0 Å². The van der Waals surface area contributed by atoms with Gasteiger partial charge < -0.3 is 15.2 Å². The highest BCUT2D eigenvalue weighted by atomic mass is 79.9. The Balaban J connectivity index is 0.00000180. The number of ether oxygens (including phenoxy) is 2. The van der Waals surface area contributed by atoms with Gasteiger partial charge in [-0.3, -0.25) is 0 Å². The van der Waals surface area contributed by atoms with Gasteiger partial charge in [-0.2, -0.15) is 11.3 Å². The SMILES string of the molecule is COc1cc([C@H](N)c2ccsc2)cc(OC)c1Br.Cl. The molecule has 2 aromatic rings. The van der Waals surface area contributed by atoms with Gasteiger partial charge in [0.2, 0.25) is 0 Å². The maximum atomic E-state index is 6.24. The van der Waals surface area contributed by atoms with Crippen LogP contribution in [-0.4, -0.2) is 14.2 Å². The van der Waals surface area contributed by atoms with Gasteiger partial charge in [0.25, 0.3) is 0 Å². The molecule has 0 fully saturated rings. The minimum atomic E-state index is -0.174. The van der Waals surface area contributed by atoms with Crippen LogP contribution >= 0.6 is 39.7 Å². The fraction of sp³-hybridized carbons (Fsp3) is 0.231. The lowest BCUT2D eigenvalue weighted by atomic mass is 10.0. The molecule has 0 saturated heterocycles. The van der Waals surface area contributed by atoms with Gasteiger partial charge in [-0.15, -0.1) is 12.4 Å². The van der Waals surface area contributed by atoms with Crippen LogP contribution in [0.4, 0.5) is 0 Å². The second-order valence-corrected chi connectivity index (χ2v) is 5.35. The van der Waals surface area contributed by atoms with Gasteiger partial charge in [0.05, 0.1) is 20.3 Å². The van der Waals surface area contributed by atoms with Crippen LogP contribution in [-0.2, 0) is 0 Å². The van der Waals surface area contributed by atoms with Crippen LogP contribution in [0.5, 0.6) is 11.5 Å². The Morgan fingerprint density at radius 1 is 1.16 bits per heavy atom. The lowest BCUT2D eigenvalue weighted by Gasteiger charge is -2.15. The van der Waals surface area contributed by atoms with Crippen LogP contribution in [0.25, 0.3) is 0 Å². The van der Waals surface area contributed by atoms with Crippen molar-refractivity contribution in [3.8, 4) is 11.5 Å². The van der Waals surface area contributed by atoms with Crippen molar-refractivity contribution in [1.82, 2.24) is 0 Å². The normalized spacial score (nSPS) is 11.6.